The molecule has 1 aromatic rings. The molecular weight excluding hydrogens is 274 g/mol. The summed E-state index contributed by atoms with van der Waals surface area (Å²) in [5.41, 5.74) is 1.17. The standard InChI is InChI=1S/C14H23N3O2S/c1-14(2,3)11-8-20-12(17-11)4-5-15-13(19)10-6-9(18)7-16-10/h8-10,16,18H,4-7H2,1-3H3,(H,15,19)/t9-,10+/m0/s1. The molecule has 0 radical (unpaired) electrons. The summed E-state index contributed by atoms with van der Waals surface area (Å²) in [7, 11) is 0. The summed E-state index contributed by atoms with van der Waals surface area (Å²) in [5, 5.41) is 18.4. The van der Waals surface area contributed by atoms with Crippen LogP contribution in [-0.2, 0) is 16.6 Å². The molecule has 1 aliphatic heterocycles. The lowest BCUT2D eigenvalue weighted by molar-refractivity contribution is -0.122. The molecule has 112 valence electrons. The van der Waals surface area contributed by atoms with Gasteiger partial charge in [-0.15, -0.1) is 11.3 Å². The van der Waals surface area contributed by atoms with Crippen molar-refractivity contribution in [2.45, 2.75) is 51.2 Å². The zero-order valence-electron chi connectivity index (χ0n) is 12.3. The number of β-amino-alcohol motifs (C(OH)–C–C–N with tert-alkyl or cyclic N) is 1. The molecule has 20 heavy (non-hydrogen) atoms. The van der Waals surface area contributed by atoms with Crippen LogP contribution in [0.5, 0.6) is 0 Å². The molecule has 1 aromatic heterocycles. The van der Waals surface area contributed by atoms with Gasteiger partial charge in [-0.25, -0.2) is 4.98 Å². The number of aromatic nitrogens is 1. The number of hydrogen-bond acceptors (Lipinski definition) is 5. The van der Waals surface area contributed by atoms with Gasteiger partial charge in [-0.05, 0) is 6.42 Å². The number of nitrogens with one attached hydrogen (secondary N) is 2. The van der Waals surface area contributed by atoms with E-state index in [0.29, 0.717) is 19.5 Å². The second-order valence-electron chi connectivity index (χ2n) is 6.27. The van der Waals surface area contributed by atoms with Gasteiger partial charge in [0, 0.05) is 30.3 Å². The van der Waals surface area contributed by atoms with Crippen molar-refractivity contribution in [3.8, 4) is 0 Å². The smallest absolute Gasteiger partial charge is 0.237 e. The van der Waals surface area contributed by atoms with E-state index in [2.05, 4.69) is 41.8 Å². The quantitative estimate of drug-likeness (QED) is 0.769. The van der Waals surface area contributed by atoms with E-state index in [4.69, 9.17) is 0 Å². The van der Waals surface area contributed by atoms with E-state index >= 15 is 0 Å². The lowest BCUT2D eigenvalue weighted by Gasteiger charge is -2.14. The highest BCUT2D eigenvalue weighted by Gasteiger charge is 2.27. The van der Waals surface area contributed by atoms with E-state index in [1.54, 1.807) is 11.3 Å². The van der Waals surface area contributed by atoms with Crippen LogP contribution in [0, 0.1) is 0 Å². The van der Waals surface area contributed by atoms with Gasteiger partial charge in [0.25, 0.3) is 0 Å². The number of hydrogen-bond donors (Lipinski definition) is 3. The van der Waals surface area contributed by atoms with Crippen molar-refractivity contribution < 1.29 is 9.90 Å². The molecule has 1 saturated heterocycles. The average molecular weight is 297 g/mol. The number of thiazole rings is 1. The summed E-state index contributed by atoms with van der Waals surface area (Å²) < 4.78 is 0. The Morgan fingerprint density at radius 2 is 2.35 bits per heavy atom. The molecule has 0 aromatic carbocycles. The van der Waals surface area contributed by atoms with Gasteiger partial charge in [-0.3, -0.25) is 4.79 Å². The average Bonchev–Trinajstić information content (AvgIpc) is 2.97. The van der Waals surface area contributed by atoms with E-state index in [0.717, 1.165) is 17.1 Å². The summed E-state index contributed by atoms with van der Waals surface area (Å²) in [6.45, 7) is 7.52. The molecular formula is C14H23N3O2S. The molecule has 6 heteroatoms. The fourth-order valence-electron chi connectivity index (χ4n) is 2.10. The highest BCUT2D eigenvalue weighted by Crippen LogP contribution is 2.23. The normalized spacial score (nSPS) is 23.0. The Morgan fingerprint density at radius 1 is 1.60 bits per heavy atom. The number of carbonyl (C=O) groups is 1. The Labute approximate surface area is 123 Å². The number of carbonyl (C=O) groups excluding carboxylic acids is 1. The Hall–Kier alpha value is -0.980. The van der Waals surface area contributed by atoms with Crippen LogP contribution in [0.4, 0.5) is 0 Å². The molecule has 1 aliphatic rings. The summed E-state index contributed by atoms with van der Waals surface area (Å²) in [5.74, 6) is -0.0332. The van der Waals surface area contributed by atoms with Crippen LogP contribution in [0.25, 0.3) is 0 Å². The van der Waals surface area contributed by atoms with Gasteiger partial charge in [0.2, 0.25) is 5.91 Å². The first-order valence-electron chi connectivity index (χ1n) is 7.00. The second-order valence-corrected chi connectivity index (χ2v) is 7.21. The maximum Gasteiger partial charge on any atom is 0.237 e. The maximum absolute atomic E-state index is 11.8. The minimum atomic E-state index is -0.404. The third-order valence-corrected chi connectivity index (χ3v) is 4.29. The second kappa shape index (κ2) is 6.20. The summed E-state index contributed by atoms with van der Waals surface area (Å²) in [6, 6.07) is -0.258. The van der Waals surface area contributed by atoms with Crippen LogP contribution >= 0.6 is 11.3 Å². The van der Waals surface area contributed by atoms with Crippen molar-refractivity contribution in [3.05, 3.63) is 16.1 Å². The number of amides is 1. The molecule has 5 nitrogen and oxygen atoms in total. The first-order valence-corrected chi connectivity index (χ1v) is 7.88. The minimum absolute atomic E-state index is 0.0332. The van der Waals surface area contributed by atoms with Crippen molar-refractivity contribution in [1.29, 1.82) is 0 Å². The summed E-state index contributed by atoms with van der Waals surface area (Å²) >= 11 is 1.64. The number of aliphatic hydroxyl groups excluding tert-OH is 1. The van der Waals surface area contributed by atoms with E-state index in [1.807, 2.05) is 0 Å². The predicted octanol–water partition coefficient (Wildman–Crippen LogP) is 0.822. The molecule has 0 spiro atoms. The topological polar surface area (TPSA) is 74.2 Å². The Kier molecular flexibility index (Phi) is 4.78. The van der Waals surface area contributed by atoms with Crippen molar-refractivity contribution in [2.75, 3.05) is 13.1 Å². The van der Waals surface area contributed by atoms with Crippen LogP contribution in [-0.4, -0.2) is 41.2 Å². The fourth-order valence-corrected chi connectivity index (χ4v) is 3.13. The molecule has 0 saturated carbocycles. The van der Waals surface area contributed by atoms with Gasteiger partial charge >= 0.3 is 0 Å². The molecule has 2 rings (SSSR count). The van der Waals surface area contributed by atoms with E-state index in [9.17, 15) is 9.90 Å². The van der Waals surface area contributed by atoms with Crippen LogP contribution < -0.4 is 10.6 Å². The first kappa shape index (κ1) is 15.4. The largest absolute Gasteiger partial charge is 0.392 e. The number of aliphatic hydroxyl groups is 1. The maximum atomic E-state index is 11.8. The molecule has 2 atom stereocenters. The predicted molar refractivity (Wildman–Crippen MR) is 79.9 cm³/mol. The van der Waals surface area contributed by atoms with E-state index in [1.165, 1.54) is 0 Å². The van der Waals surface area contributed by atoms with Crippen LogP contribution in [0.15, 0.2) is 5.38 Å². The Balaban J connectivity index is 1.76. The first-order chi connectivity index (χ1) is 9.36. The number of rotatable bonds is 4. The van der Waals surface area contributed by atoms with Crippen molar-refractivity contribution in [1.82, 2.24) is 15.6 Å². The zero-order chi connectivity index (χ0) is 14.8. The third kappa shape index (κ3) is 4.01. The monoisotopic (exact) mass is 297 g/mol. The summed E-state index contributed by atoms with van der Waals surface area (Å²) in [6.07, 6.45) is 0.845. The Morgan fingerprint density at radius 3 is 2.90 bits per heavy atom. The van der Waals surface area contributed by atoms with Crippen LogP contribution in [0.3, 0.4) is 0 Å². The van der Waals surface area contributed by atoms with Gasteiger partial charge in [-0.2, -0.15) is 0 Å². The minimum Gasteiger partial charge on any atom is -0.392 e. The van der Waals surface area contributed by atoms with Gasteiger partial charge < -0.3 is 15.7 Å². The van der Waals surface area contributed by atoms with Gasteiger partial charge in [0.1, 0.15) is 0 Å². The van der Waals surface area contributed by atoms with Gasteiger partial charge in [0.15, 0.2) is 0 Å². The fraction of sp³-hybridized carbons (Fsp3) is 0.714. The van der Waals surface area contributed by atoms with E-state index in [-0.39, 0.29) is 17.4 Å². The third-order valence-electron chi connectivity index (χ3n) is 3.38. The lowest BCUT2D eigenvalue weighted by atomic mass is 9.93. The van der Waals surface area contributed by atoms with Crippen molar-refractivity contribution in [2.24, 2.45) is 0 Å². The molecule has 3 N–H and O–H groups in total. The highest BCUT2D eigenvalue weighted by atomic mass is 32.1. The van der Waals surface area contributed by atoms with Gasteiger partial charge in [-0.1, -0.05) is 20.8 Å². The van der Waals surface area contributed by atoms with Crippen LogP contribution in [0.2, 0.25) is 0 Å². The molecule has 2 heterocycles. The van der Waals surface area contributed by atoms with Crippen molar-refractivity contribution >= 4 is 17.2 Å². The van der Waals surface area contributed by atoms with Gasteiger partial charge in [0.05, 0.1) is 22.8 Å². The Bertz CT molecular complexity index is 467. The van der Waals surface area contributed by atoms with Crippen LogP contribution in [0.1, 0.15) is 37.9 Å². The molecule has 0 unspecified atom stereocenters. The molecule has 0 aliphatic carbocycles. The van der Waals surface area contributed by atoms with E-state index < -0.39 is 6.10 Å². The summed E-state index contributed by atoms with van der Waals surface area (Å²) in [4.78, 5) is 16.4. The zero-order valence-corrected chi connectivity index (χ0v) is 13.1. The molecule has 1 amide bonds. The molecule has 1 fully saturated rings. The highest BCUT2D eigenvalue weighted by molar-refractivity contribution is 7.09. The SMILES string of the molecule is CC(C)(C)c1csc(CCNC(=O)[C@H]2C[C@H](O)CN2)n1. The van der Waals surface area contributed by atoms with Crippen molar-refractivity contribution in [3.63, 3.8) is 0 Å². The molecule has 0 bridgehead atoms. The lowest BCUT2D eigenvalue weighted by Crippen LogP contribution is -2.41. The number of nitrogens with zero attached hydrogens (tertiary/aromatic N) is 1.